The molecular weight excluding hydrogens is 282 g/mol. The highest BCUT2D eigenvalue weighted by Gasteiger charge is 2.33. The average molecular weight is 303 g/mol. The highest BCUT2D eigenvalue weighted by atomic mass is 32.1. The van der Waals surface area contributed by atoms with E-state index in [9.17, 15) is 4.79 Å². The molecule has 0 saturated carbocycles. The Kier molecular flexibility index (Phi) is 4.78. The van der Waals surface area contributed by atoms with Gasteiger partial charge in [-0.05, 0) is 32.8 Å². The molecule has 0 bridgehead atoms. The molecule has 0 aliphatic heterocycles. The molecule has 1 aromatic carbocycles. The van der Waals surface area contributed by atoms with Crippen LogP contribution in [0.25, 0.3) is 10.6 Å². The van der Waals surface area contributed by atoms with Crippen LogP contribution >= 0.6 is 11.3 Å². The van der Waals surface area contributed by atoms with Gasteiger partial charge in [-0.1, -0.05) is 31.2 Å². The zero-order chi connectivity index (χ0) is 15.5. The van der Waals surface area contributed by atoms with Crippen molar-refractivity contribution < 1.29 is 9.53 Å². The molecule has 0 saturated heterocycles. The molecule has 2 rings (SSSR count). The smallest absolute Gasteiger partial charge is 0.317 e. The summed E-state index contributed by atoms with van der Waals surface area (Å²) < 4.78 is 5.13. The Morgan fingerprint density at radius 2 is 1.90 bits per heavy atom. The molecule has 0 atom stereocenters. The second-order valence-electron chi connectivity index (χ2n) is 5.43. The van der Waals surface area contributed by atoms with Crippen LogP contribution in [0.2, 0.25) is 0 Å². The van der Waals surface area contributed by atoms with Gasteiger partial charge in [0.05, 0.1) is 12.3 Å². The molecule has 1 heterocycles. The van der Waals surface area contributed by atoms with E-state index < -0.39 is 5.41 Å². The van der Waals surface area contributed by atoms with E-state index >= 15 is 0 Å². The number of aromatic nitrogens is 1. The van der Waals surface area contributed by atoms with Crippen molar-refractivity contribution in [3.63, 3.8) is 0 Å². The lowest BCUT2D eigenvalue weighted by Crippen LogP contribution is -2.31. The summed E-state index contributed by atoms with van der Waals surface area (Å²) >= 11 is 1.56. The van der Waals surface area contributed by atoms with Crippen molar-refractivity contribution >= 4 is 17.3 Å². The Balaban J connectivity index is 2.26. The van der Waals surface area contributed by atoms with E-state index in [2.05, 4.69) is 36.2 Å². The van der Waals surface area contributed by atoms with E-state index in [1.807, 2.05) is 26.2 Å². The van der Waals surface area contributed by atoms with Gasteiger partial charge < -0.3 is 4.74 Å². The zero-order valence-corrected chi connectivity index (χ0v) is 13.8. The predicted octanol–water partition coefficient (Wildman–Crippen LogP) is 4.21. The van der Waals surface area contributed by atoms with Gasteiger partial charge in [0, 0.05) is 10.9 Å². The van der Waals surface area contributed by atoms with Crippen molar-refractivity contribution in [2.45, 2.75) is 39.5 Å². The summed E-state index contributed by atoms with van der Waals surface area (Å²) in [7, 11) is 0. The summed E-state index contributed by atoms with van der Waals surface area (Å²) in [5.74, 6) is -0.233. The molecule has 0 amide bonds. The van der Waals surface area contributed by atoms with Crippen molar-refractivity contribution in [1.82, 2.24) is 4.98 Å². The zero-order valence-electron chi connectivity index (χ0n) is 13.0. The number of rotatable bonds is 5. The number of hydrogen-bond donors (Lipinski definition) is 0. The van der Waals surface area contributed by atoms with Crippen LogP contribution in [-0.2, 0) is 21.4 Å². The van der Waals surface area contributed by atoms with Crippen molar-refractivity contribution in [2.75, 3.05) is 6.61 Å². The third-order valence-electron chi connectivity index (χ3n) is 3.54. The van der Waals surface area contributed by atoms with Crippen LogP contribution in [0.5, 0.6) is 0 Å². The van der Waals surface area contributed by atoms with Crippen molar-refractivity contribution in [1.29, 1.82) is 0 Å². The molecule has 0 unspecified atom stereocenters. The minimum Gasteiger partial charge on any atom is -0.465 e. The highest BCUT2D eigenvalue weighted by Crippen LogP contribution is 2.31. The van der Waals surface area contributed by atoms with Crippen LogP contribution in [0.1, 0.15) is 39.0 Å². The topological polar surface area (TPSA) is 39.2 Å². The number of carbonyl (C=O) groups excluding carboxylic acids is 1. The fourth-order valence-corrected chi connectivity index (χ4v) is 2.99. The van der Waals surface area contributed by atoms with Gasteiger partial charge in [0.15, 0.2) is 0 Å². The first-order valence-corrected chi connectivity index (χ1v) is 8.09. The fraction of sp³-hybridized carbons (Fsp3) is 0.412. The van der Waals surface area contributed by atoms with E-state index in [-0.39, 0.29) is 5.97 Å². The second-order valence-corrected chi connectivity index (χ2v) is 6.29. The van der Waals surface area contributed by atoms with Crippen LogP contribution in [0.3, 0.4) is 0 Å². The van der Waals surface area contributed by atoms with Crippen LogP contribution < -0.4 is 0 Å². The monoisotopic (exact) mass is 303 g/mol. The molecule has 0 N–H and O–H groups in total. The van der Waals surface area contributed by atoms with Crippen molar-refractivity contribution in [2.24, 2.45) is 0 Å². The summed E-state index contributed by atoms with van der Waals surface area (Å²) in [6.45, 7) is 8.04. The summed E-state index contributed by atoms with van der Waals surface area (Å²) in [5.41, 5.74) is 2.44. The highest BCUT2D eigenvalue weighted by molar-refractivity contribution is 7.13. The Morgan fingerprint density at radius 1 is 1.24 bits per heavy atom. The molecule has 1 aromatic heterocycles. The van der Waals surface area contributed by atoms with Gasteiger partial charge in [-0.3, -0.25) is 4.79 Å². The predicted molar refractivity (Wildman–Crippen MR) is 86.6 cm³/mol. The van der Waals surface area contributed by atoms with E-state index in [4.69, 9.17) is 4.74 Å². The fourth-order valence-electron chi connectivity index (χ4n) is 1.99. The second kappa shape index (κ2) is 6.39. The van der Waals surface area contributed by atoms with E-state index in [0.717, 1.165) is 22.7 Å². The van der Waals surface area contributed by atoms with Crippen LogP contribution in [0, 0.1) is 0 Å². The summed E-state index contributed by atoms with van der Waals surface area (Å²) in [5, 5.41) is 2.88. The number of aryl methyl sites for hydroxylation is 1. The maximum absolute atomic E-state index is 12.0. The Hall–Kier alpha value is -1.68. The molecule has 2 aromatic rings. The van der Waals surface area contributed by atoms with Gasteiger partial charge in [0.2, 0.25) is 0 Å². The quantitative estimate of drug-likeness (QED) is 0.777. The molecule has 4 heteroatoms. The van der Waals surface area contributed by atoms with E-state index in [1.54, 1.807) is 11.3 Å². The summed E-state index contributed by atoms with van der Waals surface area (Å²) in [4.78, 5) is 16.7. The summed E-state index contributed by atoms with van der Waals surface area (Å²) in [6.07, 6.45) is 1.03. The van der Waals surface area contributed by atoms with E-state index in [0.29, 0.717) is 6.61 Å². The average Bonchev–Trinajstić information content (AvgIpc) is 2.98. The molecule has 0 aliphatic carbocycles. The van der Waals surface area contributed by atoms with Crippen molar-refractivity contribution in [3.05, 3.63) is 40.9 Å². The van der Waals surface area contributed by atoms with Gasteiger partial charge in [0.1, 0.15) is 10.4 Å². The lowest BCUT2D eigenvalue weighted by molar-refractivity contribution is -0.148. The Labute approximate surface area is 130 Å². The Bertz CT molecular complexity index is 614. The molecule has 21 heavy (non-hydrogen) atoms. The first-order chi connectivity index (χ1) is 9.98. The van der Waals surface area contributed by atoms with Crippen molar-refractivity contribution in [3.8, 4) is 10.6 Å². The number of hydrogen-bond acceptors (Lipinski definition) is 4. The van der Waals surface area contributed by atoms with Gasteiger partial charge in [-0.15, -0.1) is 11.3 Å². The SMILES string of the molecule is CCOC(=O)C(C)(C)c1csc(-c2ccc(CC)cc2)n1. The third-order valence-corrected chi connectivity index (χ3v) is 4.43. The molecule has 112 valence electrons. The Morgan fingerprint density at radius 3 is 2.48 bits per heavy atom. The molecule has 0 aliphatic rings. The number of nitrogens with zero attached hydrogens (tertiary/aromatic N) is 1. The molecule has 0 fully saturated rings. The number of esters is 1. The van der Waals surface area contributed by atoms with Crippen LogP contribution in [0.4, 0.5) is 0 Å². The molecule has 3 nitrogen and oxygen atoms in total. The molecular formula is C17H21NO2S. The van der Waals surface area contributed by atoms with Crippen LogP contribution in [-0.4, -0.2) is 17.6 Å². The van der Waals surface area contributed by atoms with E-state index in [1.165, 1.54) is 5.56 Å². The van der Waals surface area contributed by atoms with Crippen LogP contribution in [0.15, 0.2) is 29.6 Å². The maximum Gasteiger partial charge on any atom is 0.317 e. The normalized spacial score (nSPS) is 11.4. The number of carbonyl (C=O) groups is 1. The minimum atomic E-state index is -0.714. The number of ether oxygens (including phenoxy) is 1. The van der Waals surface area contributed by atoms with Gasteiger partial charge >= 0.3 is 5.97 Å². The first kappa shape index (κ1) is 15.7. The van der Waals surface area contributed by atoms with Gasteiger partial charge in [-0.2, -0.15) is 0 Å². The number of benzene rings is 1. The lowest BCUT2D eigenvalue weighted by atomic mass is 9.90. The molecule has 0 radical (unpaired) electrons. The first-order valence-electron chi connectivity index (χ1n) is 7.21. The maximum atomic E-state index is 12.0. The largest absolute Gasteiger partial charge is 0.465 e. The van der Waals surface area contributed by atoms with Gasteiger partial charge in [-0.25, -0.2) is 4.98 Å². The lowest BCUT2D eigenvalue weighted by Gasteiger charge is -2.19. The minimum absolute atomic E-state index is 0.233. The third kappa shape index (κ3) is 3.32. The number of thiazole rings is 1. The van der Waals surface area contributed by atoms with Gasteiger partial charge in [0.25, 0.3) is 0 Å². The summed E-state index contributed by atoms with van der Waals surface area (Å²) in [6, 6.07) is 8.40. The standard InChI is InChI=1S/C17H21NO2S/c1-5-12-7-9-13(10-8-12)15-18-14(11-21-15)17(3,4)16(19)20-6-2/h7-11H,5-6H2,1-4H3. The molecule has 0 spiro atoms.